The van der Waals surface area contributed by atoms with Crippen molar-refractivity contribution in [3.8, 4) is 5.75 Å². The Morgan fingerprint density at radius 1 is 1.35 bits per heavy atom. The molecule has 2 rings (SSSR count). The fourth-order valence-electron chi connectivity index (χ4n) is 2.95. The molecular weight excluding hydrogens is 250 g/mol. The van der Waals surface area contributed by atoms with E-state index < -0.39 is 0 Å². The minimum absolute atomic E-state index is 0.137. The van der Waals surface area contributed by atoms with E-state index in [0.29, 0.717) is 0 Å². The van der Waals surface area contributed by atoms with Crippen LogP contribution >= 0.6 is 0 Å². The maximum atomic E-state index is 6.05. The molecule has 1 N–H and O–H groups in total. The van der Waals surface area contributed by atoms with Crippen LogP contribution in [0.2, 0.25) is 0 Å². The molecule has 1 heterocycles. The molecule has 0 radical (unpaired) electrons. The second-order valence-corrected chi connectivity index (χ2v) is 5.64. The van der Waals surface area contributed by atoms with Gasteiger partial charge in [0.05, 0.1) is 18.2 Å². The molecular formula is C17H27NO2. The number of nitrogens with one attached hydrogen (secondary N) is 1. The molecule has 0 aliphatic carbocycles. The molecule has 2 unspecified atom stereocenters. The number of benzene rings is 1. The van der Waals surface area contributed by atoms with Crippen molar-refractivity contribution in [2.45, 2.75) is 51.7 Å². The molecule has 0 bridgehead atoms. The lowest BCUT2D eigenvalue weighted by molar-refractivity contribution is -0.0127. The van der Waals surface area contributed by atoms with Crippen molar-refractivity contribution >= 4 is 0 Å². The summed E-state index contributed by atoms with van der Waals surface area (Å²) in [5, 5.41) is 3.59. The third kappa shape index (κ3) is 3.33. The van der Waals surface area contributed by atoms with Crippen LogP contribution in [-0.4, -0.2) is 25.4 Å². The van der Waals surface area contributed by atoms with Gasteiger partial charge in [-0.05, 0) is 38.8 Å². The Labute approximate surface area is 122 Å². The molecule has 20 heavy (non-hydrogen) atoms. The first-order chi connectivity index (χ1) is 9.71. The molecule has 1 aliphatic rings. The SMILES string of the molecule is CCCOc1ccccc1C(NCC)C1(C)CCCO1. The van der Waals surface area contributed by atoms with E-state index in [9.17, 15) is 0 Å². The van der Waals surface area contributed by atoms with Gasteiger partial charge in [-0.3, -0.25) is 0 Å². The highest BCUT2D eigenvalue weighted by Gasteiger charge is 2.40. The smallest absolute Gasteiger partial charge is 0.124 e. The van der Waals surface area contributed by atoms with Crippen molar-refractivity contribution in [2.24, 2.45) is 0 Å². The fraction of sp³-hybridized carbons (Fsp3) is 0.647. The molecule has 0 amide bonds. The first-order valence-electron chi connectivity index (χ1n) is 7.80. The Balaban J connectivity index is 2.28. The summed E-state index contributed by atoms with van der Waals surface area (Å²) in [6.07, 6.45) is 3.25. The number of rotatable bonds is 7. The summed E-state index contributed by atoms with van der Waals surface area (Å²) in [5.74, 6) is 0.983. The number of hydrogen-bond acceptors (Lipinski definition) is 3. The van der Waals surface area contributed by atoms with Crippen LogP contribution in [0.3, 0.4) is 0 Å². The highest BCUT2D eigenvalue weighted by atomic mass is 16.5. The van der Waals surface area contributed by atoms with Gasteiger partial charge in [-0.2, -0.15) is 0 Å². The fourth-order valence-corrected chi connectivity index (χ4v) is 2.95. The zero-order valence-electron chi connectivity index (χ0n) is 12.9. The molecule has 0 aromatic heterocycles. The summed E-state index contributed by atoms with van der Waals surface area (Å²) in [6, 6.07) is 8.52. The van der Waals surface area contributed by atoms with Crippen LogP contribution < -0.4 is 10.1 Å². The summed E-state index contributed by atoms with van der Waals surface area (Å²) in [4.78, 5) is 0. The van der Waals surface area contributed by atoms with Gasteiger partial charge in [0.15, 0.2) is 0 Å². The first kappa shape index (κ1) is 15.3. The van der Waals surface area contributed by atoms with Gasteiger partial charge in [-0.25, -0.2) is 0 Å². The topological polar surface area (TPSA) is 30.5 Å². The van der Waals surface area contributed by atoms with Gasteiger partial charge >= 0.3 is 0 Å². The Morgan fingerprint density at radius 3 is 2.80 bits per heavy atom. The van der Waals surface area contributed by atoms with E-state index in [2.05, 4.69) is 44.3 Å². The van der Waals surface area contributed by atoms with E-state index in [1.807, 2.05) is 6.07 Å². The first-order valence-corrected chi connectivity index (χ1v) is 7.80. The predicted molar refractivity (Wildman–Crippen MR) is 82.2 cm³/mol. The van der Waals surface area contributed by atoms with Crippen LogP contribution in [0.25, 0.3) is 0 Å². The van der Waals surface area contributed by atoms with Gasteiger partial charge in [0, 0.05) is 12.2 Å². The molecule has 1 fully saturated rings. The van der Waals surface area contributed by atoms with Crippen molar-refractivity contribution in [1.82, 2.24) is 5.32 Å². The summed E-state index contributed by atoms with van der Waals surface area (Å²) < 4.78 is 12.0. The second kappa shape index (κ2) is 7.09. The molecule has 1 saturated heterocycles. The summed E-state index contributed by atoms with van der Waals surface area (Å²) in [7, 11) is 0. The third-order valence-electron chi connectivity index (χ3n) is 3.96. The molecule has 2 atom stereocenters. The Bertz CT molecular complexity index is 413. The predicted octanol–water partition coefficient (Wildman–Crippen LogP) is 3.70. The molecule has 1 aromatic rings. The van der Waals surface area contributed by atoms with Gasteiger partial charge < -0.3 is 14.8 Å². The number of likely N-dealkylation sites (N-methyl/N-ethyl adjacent to an activating group) is 1. The summed E-state index contributed by atoms with van der Waals surface area (Å²) in [5.41, 5.74) is 1.08. The molecule has 1 aromatic carbocycles. The zero-order valence-corrected chi connectivity index (χ0v) is 12.9. The van der Waals surface area contributed by atoms with Crippen molar-refractivity contribution < 1.29 is 9.47 Å². The average Bonchev–Trinajstić information content (AvgIpc) is 2.91. The van der Waals surface area contributed by atoms with Gasteiger partial charge in [0.2, 0.25) is 0 Å². The lowest BCUT2D eigenvalue weighted by atomic mass is 9.87. The minimum Gasteiger partial charge on any atom is -0.493 e. The number of ether oxygens (including phenoxy) is 2. The number of hydrogen-bond donors (Lipinski definition) is 1. The van der Waals surface area contributed by atoms with Crippen LogP contribution in [0.15, 0.2) is 24.3 Å². The zero-order chi connectivity index (χ0) is 14.4. The normalized spacial score (nSPS) is 23.8. The minimum atomic E-state index is -0.137. The van der Waals surface area contributed by atoms with E-state index in [-0.39, 0.29) is 11.6 Å². The Morgan fingerprint density at radius 2 is 2.15 bits per heavy atom. The molecule has 3 heteroatoms. The van der Waals surface area contributed by atoms with Gasteiger partial charge in [-0.1, -0.05) is 32.0 Å². The van der Waals surface area contributed by atoms with Crippen molar-refractivity contribution in [3.63, 3.8) is 0 Å². The second-order valence-electron chi connectivity index (χ2n) is 5.64. The van der Waals surface area contributed by atoms with Crippen LogP contribution in [0.4, 0.5) is 0 Å². The Hall–Kier alpha value is -1.06. The quantitative estimate of drug-likeness (QED) is 0.824. The third-order valence-corrected chi connectivity index (χ3v) is 3.96. The average molecular weight is 277 g/mol. The molecule has 3 nitrogen and oxygen atoms in total. The highest BCUT2D eigenvalue weighted by molar-refractivity contribution is 5.37. The van der Waals surface area contributed by atoms with E-state index in [0.717, 1.165) is 44.8 Å². The van der Waals surface area contributed by atoms with E-state index in [4.69, 9.17) is 9.47 Å². The van der Waals surface area contributed by atoms with Crippen molar-refractivity contribution in [2.75, 3.05) is 19.8 Å². The largest absolute Gasteiger partial charge is 0.493 e. The van der Waals surface area contributed by atoms with Gasteiger partial charge in [0.1, 0.15) is 5.75 Å². The van der Waals surface area contributed by atoms with Gasteiger partial charge in [0.25, 0.3) is 0 Å². The van der Waals surface area contributed by atoms with Crippen LogP contribution in [0.5, 0.6) is 5.75 Å². The van der Waals surface area contributed by atoms with Crippen LogP contribution in [0.1, 0.15) is 51.6 Å². The summed E-state index contributed by atoms with van der Waals surface area (Å²) in [6.45, 7) is 9.02. The summed E-state index contributed by atoms with van der Waals surface area (Å²) >= 11 is 0. The Kier molecular flexibility index (Phi) is 5.44. The van der Waals surface area contributed by atoms with E-state index >= 15 is 0 Å². The molecule has 0 spiro atoms. The monoisotopic (exact) mass is 277 g/mol. The lowest BCUT2D eigenvalue weighted by Crippen LogP contribution is -2.41. The maximum Gasteiger partial charge on any atom is 0.124 e. The van der Waals surface area contributed by atoms with E-state index in [1.165, 1.54) is 5.56 Å². The van der Waals surface area contributed by atoms with Gasteiger partial charge in [-0.15, -0.1) is 0 Å². The van der Waals surface area contributed by atoms with Crippen LogP contribution in [-0.2, 0) is 4.74 Å². The molecule has 1 aliphatic heterocycles. The van der Waals surface area contributed by atoms with Crippen molar-refractivity contribution in [3.05, 3.63) is 29.8 Å². The standard InChI is InChI=1S/C17H27NO2/c1-4-12-19-15-10-7-6-9-14(15)16(18-5-2)17(3)11-8-13-20-17/h6-7,9-10,16,18H,4-5,8,11-13H2,1-3H3. The van der Waals surface area contributed by atoms with Crippen molar-refractivity contribution in [1.29, 1.82) is 0 Å². The maximum absolute atomic E-state index is 6.05. The molecule has 112 valence electrons. The lowest BCUT2D eigenvalue weighted by Gasteiger charge is -2.35. The number of para-hydroxylation sites is 1. The van der Waals surface area contributed by atoms with E-state index in [1.54, 1.807) is 0 Å². The van der Waals surface area contributed by atoms with Crippen LogP contribution in [0, 0.1) is 0 Å². The molecule has 0 saturated carbocycles. The highest BCUT2D eigenvalue weighted by Crippen LogP contribution is 2.40.